The van der Waals surface area contributed by atoms with Gasteiger partial charge in [0.15, 0.2) is 16.5 Å². The summed E-state index contributed by atoms with van der Waals surface area (Å²) in [7, 11) is 0. The molecule has 5 aromatic rings. The van der Waals surface area contributed by atoms with Gasteiger partial charge in [-0.3, -0.25) is 14.0 Å². The number of amides is 2. The van der Waals surface area contributed by atoms with Crippen LogP contribution in [0.5, 0.6) is 0 Å². The fourth-order valence-electron chi connectivity index (χ4n) is 3.80. The summed E-state index contributed by atoms with van der Waals surface area (Å²) in [6, 6.07) is 10.9. The highest BCUT2D eigenvalue weighted by Gasteiger charge is 2.24. The maximum absolute atomic E-state index is 13.2. The lowest BCUT2D eigenvalue weighted by Gasteiger charge is -2.08. The second-order valence-electron chi connectivity index (χ2n) is 7.84. The minimum Gasteiger partial charge on any atom is -0.461 e. The van der Waals surface area contributed by atoms with E-state index in [9.17, 15) is 14.4 Å². The first kappa shape index (κ1) is 23.6. The molecule has 5 rings (SSSR count). The Labute approximate surface area is 213 Å². The summed E-state index contributed by atoms with van der Waals surface area (Å²) >= 11 is 2.86. The Morgan fingerprint density at radius 2 is 2.00 bits per heavy atom. The summed E-state index contributed by atoms with van der Waals surface area (Å²) in [5, 5.41) is 9.96. The third-order valence-corrected chi connectivity index (χ3v) is 6.96. The van der Waals surface area contributed by atoms with Gasteiger partial charge in [0.05, 0.1) is 22.4 Å². The summed E-state index contributed by atoms with van der Waals surface area (Å²) < 4.78 is 7.78. The molecule has 0 aliphatic heterocycles. The predicted octanol–water partition coefficient (Wildman–Crippen LogP) is 4.74. The van der Waals surface area contributed by atoms with E-state index in [-0.39, 0.29) is 30.7 Å². The van der Waals surface area contributed by atoms with Gasteiger partial charge in [-0.1, -0.05) is 17.4 Å². The molecule has 11 heteroatoms. The number of carbonyl (C=O) groups is 3. The van der Waals surface area contributed by atoms with Gasteiger partial charge in [0.25, 0.3) is 5.91 Å². The monoisotopic (exact) mass is 519 g/mol. The van der Waals surface area contributed by atoms with Crippen LogP contribution in [0.25, 0.3) is 27.1 Å². The number of hydrogen-bond acceptors (Lipinski definition) is 8. The van der Waals surface area contributed by atoms with Gasteiger partial charge in [-0.15, -0.1) is 0 Å². The first-order valence-corrected chi connectivity index (χ1v) is 12.9. The molecule has 0 atom stereocenters. The molecule has 9 nitrogen and oxygen atoms in total. The quantitative estimate of drug-likeness (QED) is 0.300. The van der Waals surface area contributed by atoms with Gasteiger partial charge in [-0.25, -0.2) is 14.8 Å². The number of aromatic nitrogens is 3. The fraction of sp³-hybridized carbons (Fsp3) is 0.160. The number of anilines is 1. The molecule has 0 spiro atoms. The zero-order valence-electron chi connectivity index (χ0n) is 19.4. The smallest absolute Gasteiger partial charge is 0.357 e. The lowest BCUT2D eigenvalue weighted by molar-refractivity contribution is -0.114. The van der Waals surface area contributed by atoms with Gasteiger partial charge in [0, 0.05) is 30.6 Å². The van der Waals surface area contributed by atoms with Crippen molar-refractivity contribution in [3.63, 3.8) is 0 Å². The van der Waals surface area contributed by atoms with Crippen molar-refractivity contribution >= 4 is 61.5 Å². The topological polar surface area (TPSA) is 115 Å². The highest BCUT2D eigenvalue weighted by Crippen LogP contribution is 2.29. The number of fused-ring (bicyclic) bond motifs is 2. The van der Waals surface area contributed by atoms with E-state index in [1.165, 1.54) is 29.6 Å². The predicted molar refractivity (Wildman–Crippen MR) is 140 cm³/mol. The third kappa shape index (κ3) is 4.58. The van der Waals surface area contributed by atoms with E-state index < -0.39 is 5.97 Å². The third-order valence-electron chi connectivity index (χ3n) is 5.35. The second kappa shape index (κ2) is 9.88. The SMILES string of the molecule is CCOC(=O)c1c(-c2ccsc2)nc2c(C(=O)NCc3ccc4nc(NC(C)=O)sc4c3)cccn12. The number of nitrogens with zero attached hydrogens (tertiary/aromatic N) is 3. The number of carbonyl (C=O) groups excluding carboxylic acids is 3. The first-order chi connectivity index (χ1) is 17.4. The van der Waals surface area contributed by atoms with Crippen molar-refractivity contribution in [3.05, 3.63) is 70.2 Å². The Balaban J connectivity index is 1.43. The van der Waals surface area contributed by atoms with Gasteiger partial charge < -0.3 is 15.4 Å². The van der Waals surface area contributed by atoms with Gasteiger partial charge in [-0.2, -0.15) is 11.3 Å². The molecule has 0 aliphatic carbocycles. The molecule has 0 fully saturated rings. The van der Waals surface area contributed by atoms with Crippen LogP contribution in [0.2, 0.25) is 0 Å². The number of thiophene rings is 1. The summed E-state index contributed by atoms with van der Waals surface area (Å²) in [6.07, 6.45) is 1.70. The minimum absolute atomic E-state index is 0.178. The number of imidazole rings is 1. The maximum Gasteiger partial charge on any atom is 0.357 e. The van der Waals surface area contributed by atoms with Gasteiger partial charge in [-0.05, 0) is 48.2 Å². The van der Waals surface area contributed by atoms with E-state index in [1.807, 2.05) is 35.0 Å². The van der Waals surface area contributed by atoms with Crippen LogP contribution in [-0.4, -0.2) is 38.8 Å². The van der Waals surface area contributed by atoms with E-state index in [0.29, 0.717) is 22.0 Å². The van der Waals surface area contributed by atoms with Crippen LogP contribution in [0.4, 0.5) is 5.13 Å². The van der Waals surface area contributed by atoms with Crippen LogP contribution >= 0.6 is 22.7 Å². The van der Waals surface area contributed by atoms with E-state index in [1.54, 1.807) is 29.7 Å². The van der Waals surface area contributed by atoms with Crippen LogP contribution in [0.15, 0.2) is 53.4 Å². The number of benzene rings is 1. The van der Waals surface area contributed by atoms with Crippen molar-refractivity contribution in [2.75, 3.05) is 11.9 Å². The molecule has 0 radical (unpaired) electrons. The molecule has 1 aromatic carbocycles. The number of hydrogen-bond donors (Lipinski definition) is 2. The maximum atomic E-state index is 13.2. The molecule has 36 heavy (non-hydrogen) atoms. The number of nitrogens with one attached hydrogen (secondary N) is 2. The lowest BCUT2D eigenvalue weighted by Crippen LogP contribution is -2.23. The highest BCUT2D eigenvalue weighted by molar-refractivity contribution is 7.22. The summed E-state index contributed by atoms with van der Waals surface area (Å²) in [6.45, 7) is 3.69. The molecule has 2 N–H and O–H groups in total. The van der Waals surface area contributed by atoms with Crippen molar-refractivity contribution in [1.29, 1.82) is 0 Å². The molecule has 2 amide bonds. The Morgan fingerprint density at radius 3 is 2.75 bits per heavy atom. The molecule has 0 saturated carbocycles. The average molecular weight is 520 g/mol. The first-order valence-electron chi connectivity index (χ1n) is 11.1. The van der Waals surface area contributed by atoms with Crippen LogP contribution in [0, 0.1) is 0 Å². The van der Waals surface area contributed by atoms with Crippen molar-refractivity contribution in [2.24, 2.45) is 0 Å². The molecule has 0 saturated heterocycles. The van der Waals surface area contributed by atoms with Gasteiger partial charge >= 0.3 is 5.97 Å². The molecule has 0 unspecified atom stereocenters. The summed E-state index contributed by atoms with van der Waals surface area (Å²) in [5.74, 6) is -0.996. The van der Waals surface area contributed by atoms with Crippen molar-refractivity contribution in [1.82, 2.24) is 19.7 Å². The van der Waals surface area contributed by atoms with E-state index >= 15 is 0 Å². The normalized spacial score (nSPS) is 11.1. The van der Waals surface area contributed by atoms with E-state index in [4.69, 9.17) is 4.74 Å². The van der Waals surface area contributed by atoms with Crippen molar-refractivity contribution < 1.29 is 19.1 Å². The molecule has 0 aliphatic rings. The van der Waals surface area contributed by atoms with Gasteiger partial charge in [0.2, 0.25) is 5.91 Å². The zero-order chi connectivity index (χ0) is 25.2. The Bertz CT molecular complexity index is 1600. The Morgan fingerprint density at radius 1 is 1.14 bits per heavy atom. The standard InChI is InChI=1S/C25H21N5O4S2/c1-3-34-24(33)21-20(16-8-10-35-13-16)29-22-17(5-4-9-30(21)22)23(32)26-12-15-6-7-18-19(11-15)36-25(28-18)27-14(2)31/h4-11,13H,3,12H2,1-2H3,(H,26,32)(H,27,28,31). The second-order valence-corrected chi connectivity index (χ2v) is 9.65. The fourth-order valence-corrected chi connectivity index (χ4v) is 5.42. The number of esters is 1. The summed E-state index contributed by atoms with van der Waals surface area (Å²) in [5.41, 5.74) is 3.91. The minimum atomic E-state index is -0.500. The largest absolute Gasteiger partial charge is 0.461 e. The van der Waals surface area contributed by atoms with Gasteiger partial charge in [0.1, 0.15) is 5.69 Å². The summed E-state index contributed by atoms with van der Waals surface area (Å²) in [4.78, 5) is 46.3. The van der Waals surface area contributed by atoms with Crippen LogP contribution in [0.1, 0.15) is 40.3 Å². The van der Waals surface area contributed by atoms with E-state index in [0.717, 1.165) is 21.3 Å². The van der Waals surface area contributed by atoms with Crippen molar-refractivity contribution in [2.45, 2.75) is 20.4 Å². The lowest BCUT2D eigenvalue weighted by atomic mass is 10.2. The Kier molecular flexibility index (Phi) is 6.49. The molecule has 0 bridgehead atoms. The molecular weight excluding hydrogens is 498 g/mol. The zero-order valence-corrected chi connectivity index (χ0v) is 21.0. The van der Waals surface area contributed by atoms with Crippen molar-refractivity contribution in [3.8, 4) is 11.3 Å². The highest BCUT2D eigenvalue weighted by atomic mass is 32.1. The molecule has 182 valence electrons. The van der Waals surface area contributed by atoms with Crippen LogP contribution < -0.4 is 10.6 Å². The average Bonchev–Trinajstić information content (AvgIpc) is 3.59. The van der Waals surface area contributed by atoms with Crippen LogP contribution in [0.3, 0.4) is 0 Å². The molecule has 4 aromatic heterocycles. The van der Waals surface area contributed by atoms with E-state index in [2.05, 4.69) is 20.6 Å². The number of rotatable bonds is 7. The Hall–Kier alpha value is -4.09. The number of ether oxygens (including phenoxy) is 1. The van der Waals surface area contributed by atoms with Crippen LogP contribution in [-0.2, 0) is 16.1 Å². The number of pyridine rings is 1. The molecule has 4 heterocycles. The number of thiazole rings is 1. The molecular formula is C25H21N5O4S2.